The van der Waals surface area contributed by atoms with Crippen LogP contribution in [-0.2, 0) is 25.7 Å². The van der Waals surface area contributed by atoms with Crippen LogP contribution in [0, 0.1) is 29.1 Å². The molecule has 7 rings (SSSR count). The quantitative estimate of drug-likeness (QED) is 0.300. The van der Waals surface area contributed by atoms with Gasteiger partial charge in [0.1, 0.15) is 18.8 Å². The largest absolute Gasteiger partial charge is 0.447 e. The van der Waals surface area contributed by atoms with Gasteiger partial charge in [0, 0.05) is 57.8 Å². The van der Waals surface area contributed by atoms with Crippen LogP contribution in [0.3, 0.4) is 0 Å². The molecule has 3 aliphatic carbocycles. The Labute approximate surface area is 308 Å². The number of fused-ring (bicyclic) bond motifs is 2. The van der Waals surface area contributed by atoms with Gasteiger partial charge in [0.2, 0.25) is 5.91 Å². The number of aliphatic hydroxyl groups is 1. The number of rotatable bonds is 12. The van der Waals surface area contributed by atoms with Crippen LogP contribution in [0.25, 0.3) is 11.1 Å². The molecule has 0 aromatic heterocycles. The molecule has 2 aromatic rings. The number of aliphatic hydroxyl groups excluding tert-OH is 1. The second-order valence-electron chi connectivity index (χ2n) is 16.0. The Balaban J connectivity index is 1.17. The Morgan fingerprint density at radius 2 is 1.79 bits per heavy atom. The van der Waals surface area contributed by atoms with Gasteiger partial charge in [0.25, 0.3) is 5.91 Å². The van der Waals surface area contributed by atoms with Gasteiger partial charge in [-0.05, 0) is 77.8 Å². The summed E-state index contributed by atoms with van der Waals surface area (Å²) in [6.45, 7) is 12.9. The van der Waals surface area contributed by atoms with Crippen molar-refractivity contribution in [3.63, 3.8) is 0 Å². The average molecular weight is 720 g/mol. The molecular weight excluding hydrogens is 662 g/mol. The van der Waals surface area contributed by atoms with Gasteiger partial charge in [-0.2, -0.15) is 5.06 Å². The van der Waals surface area contributed by atoms with Gasteiger partial charge >= 0.3 is 6.09 Å². The summed E-state index contributed by atoms with van der Waals surface area (Å²) in [5, 5.41) is 19.0. The maximum absolute atomic E-state index is 14.3. The fourth-order valence-corrected chi connectivity index (χ4v) is 8.91. The summed E-state index contributed by atoms with van der Waals surface area (Å²) in [4.78, 5) is 49.8. The fraction of sp³-hybridized carbons (Fsp3) is 0.625. The first kappa shape index (κ1) is 38.2. The number of amides is 3. The predicted octanol–water partition coefficient (Wildman–Crippen LogP) is 3.78. The zero-order valence-electron chi connectivity index (χ0n) is 31.5. The first-order valence-electron chi connectivity index (χ1n) is 18.9. The molecular formula is C40H57N5O7. The van der Waals surface area contributed by atoms with Crippen molar-refractivity contribution in [2.45, 2.75) is 71.4 Å². The smallest absolute Gasteiger partial charge is 0.407 e. The van der Waals surface area contributed by atoms with Crippen LogP contribution >= 0.6 is 0 Å². The van der Waals surface area contributed by atoms with E-state index in [1.165, 1.54) is 6.42 Å². The maximum atomic E-state index is 14.3. The van der Waals surface area contributed by atoms with Crippen molar-refractivity contribution in [3.05, 3.63) is 59.7 Å². The van der Waals surface area contributed by atoms with Crippen molar-refractivity contribution in [2.24, 2.45) is 29.1 Å². The number of hydrogen-bond acceptors (Lipinski definition) is 9. The second-order valence-corrected chi connectivity index (χ2v) is 16.0. The number of nitrogens with one attached hydrogen (secondary N) is 2. The minimum atomic E-state index is -0.912. The van der Waals surface area contributed by atoms with E-state index in [0.29, 0.717) is 49.6 Å². The Morgan fingerprint density at radius 3 is 2.44 bits per heavy atom. The lowest BCUT2D eigenvalue weighted by atomic mass is 9.45. The summed E-state index contributed by atoms with van der Waals surface area (Å²) < 4.78 is 11.0. The number of alkyl carbamates (subject to hydrolysis) is 1. The molecule has 8 atom stereocenters. The molecule has 3 N–H and O–H groups in total. The van der Waals surface area contributed by atoms with Gasteiger partial charge in [-0.1, -0.05) is 51.1 Å². The van der Waals surface area contributed by atoms with E-state index in [0.717, 1.165) is 36.2 Å². The minimum Gasteiger partial charge on any atom is -0.447 e. The van der Waals surface area contributed by atoms with Crippen LogP contribution in [0.1, 0.15) is 56.5 Å². The SMILES string of the molecule is C[C@@H]1C(NC(=O)[C@@H]2[C@H]([C@H](C)O)C(COC(=O)NCCN3CCOCC3)ON2Cc2cccc(-c3ccc(C(=O)N(C)C)cc3)c2)C[C@H]2CC1C2(C)C. The monoisotopic (exact) mass is 719 g/mol. The van der Waals surface area contributed by atoms with Crippen LogP contribution in [0.4, 0.5) is 4.79 Å². The lowest BCUT2D eigenvalue weighted by Gasteiger charge is -2.62. The molecule has 0 radical (unpaired) electrons. The molecule has 3 amide bonds. The molecule has 3 unspecified atom stereocenters. The van der Waals surface area contributed by atoms with E-state index >= 15 is 0 Å². The molecule has 52 heavy (non-hydrogen) atoms. The number of carbonyl (C=O) groups is 3. The van der Waals surface area contributed by atoms with Crippen LogP contribution in [0.15, 0.2) is 48.5 Å². The molecule has 284 valence electrons. The third-order valence-electron chi connectivity index (χ3n) is 12.2. The third-order valence-corrected chi connectivity index (χ3v) is 12.2. The van der Waals surface area contributed by atoms with Crippen molar-refractivity contribution in [3.8, 4) is 11.1 Å². The Morgan fingerprint density at radius 1 is 1.06 bits per heavy atom. The first-order chi connectivity index (χ1) is 24.8. The molecule has 2 bridgehead atoms. The molecule has 3 saturated carbocycles. The second kappa shape index (κ2) is 16.2. The van der Waals surface area contributed by atoms with E-state index in [2.05, 4.69) is 36.3 Å². The molecule has 2 heterocycles. The lowest BCUT2D eigenvalue weighted by Crippen LogP contribution is -2.62. The summed E-state index contributed by atoms with van der Waals surface area (Å²) in [5.41, 5.74) is 3.71. The number of morpholine rings is 1. The third kappa shape index (κ3) is 8.31. The van der Waals surface area contributed by atoms with Gasteiger partial charge in [-0.15, -0.1) is 0 Å². The first-order valence-corrected chi connectivity index (χ1v) is 18.9. The standard InChI is InChI=1S/C40H57N5O7/c1-25-32-21-31(40(32,3)4)22-33(25)42-37(47)36-35(26(2)46)34(24-51-39(49)41-14-15-44-16-18-50-19-17-44)52-45(36)23-27-8-7-9-30(20-27)28-10-12-29(13-11-28)38(48)43(5)6/h7-13,20,25-26,31-36,46H,14-19,21-24H2,1-6H3,(H,41,49)(H,42,47)/t25-,26-,31+,32?,33?,34?,35+,36-/m0/s1. The number of hydrogen-bond donors (Lipinski definition) is 3. The van der Waals surface area contributed by atoms with E-state index in [9.17, 15) is 19.5 Å². The van der Waals surface area contributed by atoms with Gasteiger partial charge in [0.05, 0.1) is 25.9 Å². The van der Waals surface area contributed by atoms with Crippen LogP contribution in [-0.4, -0.2) is 122 Å². The highest BCUT2D eigenvalue weighted by Crippen LogP contribution is 2.61. The van der Waals surface area contributed by atoms with E-state index in [4.69, 9.17) is 14.3 Å². The average Bonchev–Trinajstić information content (AvgIpc) is 3.49. The molecule has 5 fully saturated rings. The zero-order chi connectivity index (χ0) is 37.2. The molecule has 2 aliphatic heterocycles. The highest BCUT2D eigenvalue weighted by Gasteiger charge is 2.57. The van der Waals surface area contributed by atoms with Crippen molar-refractivity contribution in [1.29, 1.82) is 0 Å². The van der Waals surface area contributed by atoms with Crippen molar-refractivity contribution >= 4 is 17.9 Å². The molecule has 2 saturated heterocycles. The Bertz CT molecular complexity index is 1560. The summed E-state index contributed by atoms with van der Waals surface area (Å²) in [5.74, 6) is 0.577. The van der Waals surface area contributed by atoms with E-state index in [1.807, 2.05) is 48.5 Å². The van der Waals surface area contributed by atoms with Gasteiger partial charge in [-0.25, -0.2) is 4.79 Å². The zero-order valence-corrected chi connectivity index (χ0v) is 31.5. The summed E-state index contributed by atoms with van der Waals surface area (Å²) in [7, 11) is 3.46. The van der Waals surface area contributed by atoms with Gasteiger partial charge in [-0.3, -0.25) is 19.3 Å². The summed E-state index contributed by atoms with van der Waals surface area (Å²) in [6.07, 6.45) is -0.0773. The van der Waals surface area contributed by atoms with Crippen LogP contribution in [0.2, 0.25) is 0 Å². The normalized spacial score (nSPS) is 29.1. The highest BCUT2D eigenvalue weighted by atomic mass is 16.7. The Kier molecular flexibility index (Phi) is 11.9. The molecule has 0 spiro atoms. The maximum Gasteiger partial charge on any atom is 0.407 e. The summed E-state index contributed by atoms with van der Waals surface area (Å²) in [6, 6.07) is 14.7. The van der Waals surface area contributed by atoms with Gasteiger partial charge in [0.15, 0.2) is 0 Å². The molecule has 5 aliphatic rings. The van der Waals surface area contributed by atoms with Crippen molar-refractivity contribution < 1.29 is 33.8 Å². The number of carbonyl (C=O) groups excluding carboxylic acids is 3. The molecule has 12 nitrogen and oxygen atoms in total. The number of hydroxylamine groups is 2. The minimum absolute atomic E-state index is 0.0407. The summed E-state index contributed by atoms with van der Waals surface area (Å²) >= 11 is 0. The fourth-order valence-electron chi connectivity index (χ4n) is 8.91. The highest BCUT2D eigenvalue weighted by molar-refractivity contribution is 5.94. The van der Waals surface area contributed by atoms with Gasteiger partial charge < -0.3 is 30.1 Å². The van der Waals surface area contributed by atoms with Crippen molar-refractivity contribution in [1.82, 2.24) is 25.5 Å². The van der Waals surface area contributed by atoms with Crippen LogP contribution in [0.5, 0.6) is 0 Å². The number of nitrogens with zero attached hydrogens (tertiary/aromatic N) is 3. The van der Waals surface area contributed by atoms with Crippen molar-refractivity contribution in [2.75, 3.05) is 60.1 Å². The molecule has 2 aromatic carbocycles. The Hall–Kier alpha value is -3.55. The van der Waals surface area contributed by atoms with E-state index in [1.54, 1.807) is 31.0 Å². The molecule has 12 heteroatoms. The predicted molar refractivity (Wildman–Crippen MR) is 197 cm³/mol. The van der Waals surface area contributed by atoms with E-state index < -0.39 is 30.3 Å². The number of ether oxygens (including phenoxy) is 2. The van der Waals surface area contributed by atoms with Crippen LogP contribution < -0.4 is 10.6 Å². The van der Waals surface area contributed by atoms with E-state index in [-0.39, 0.29) is 36.4 Å². The number of benzene rings is 2. The topological polar surface area (TPSA) is 133 Å². The lowest BCUT2D eigenvalue weighted by molar-refractivity contribution is -0.183.